The summed E-state index contributed by atoms with van der Waals surface area (Å²) in [6.07, 6.45) is 0. The summed E-state index contributed by atoms with van der Waals surface area (Å²) in [6, 6.07) is 24.2. The van der Waals surface area contributed by atoms with Gasteiger partial charge in [-0.25, -0.2) is 0 Å². The van der Waals surface area contributed by atoms with Gasteiger partial charge in [0, 0.05) is 12.1 Å². The molecule has 0 aromatic heterocycles. The first-order valence-corrected chi connectivity index (χ1v) is 12.6. The first-order chi connectivity index (χ1) is 12.6. The largest absolute Gasteiger partial charge is 0.352 e. The minimum atomic E-state index is -1.71. The predicted octanol–water partition coefficient (Wildman–Crippen LogP) is 5.99. The molecule has 0 saturated heterocycles. The van der Waals surface area contributed by atoms with Crippen LogP contribution < -0.4 is 5.32 Å². The number of amides is 1. The number of nitrogens with one attached hydrogen (secondary N) is 1. The van der Waals surface area contributed by atoms with Crippen molar-refractivity contribution in [1.29, 1.82) is 0 Å². The second-order valence-corrected chi connectivity index (χ2v) is 12.8. The van der Waals surface area contributed by atoms with E-state index in [2.05, 4.69) is 69.4 Å². The Bertz CT molecular complexity index is 659. The molecule has 0 spiro atoms. The topological polar surface area (TPSA) is 29.1 Å². The van der Waals surface area contributed by atoms with Crippen molar-refractivity contribution in [3.8, 4) is 0 Å². The standard InChI is InChI=1S/C23H33NOSi/c1-5-26(6-2,7-3)22(19(4)21-16-12-9-13-17-21)23(25)24-18-20-14-10-8-11-15-20/h8-17,19,22H,5-7,18H2,1-4H3,(H,24,25). The smallest absolute Gasteiger partial charge is 0.221 e. The van der Waals surface area contributed by atoms with Crippen molar-refractivity contribution in [1.82, 2.24) is 5.32 Å². The molecule has 2 nitrogen and oxygen atoms in total. The lowest BCUT2D eigenvalue weighted by Gasteiger charge is -2.40. The molecule has 1 amide bonds. The number of hydrogen-bond acceptors (Lipinski definition) is 1. The lowest BCUT2D eigenvalue weighted by atomic mass is 9.96. The number of benzene rings is 2. The van der Waals surface area contributed by atoms with E-state index in [1.165, 1.54) is 5.56 Å². The molecule has 0 radical (unpaired) electrons. The van der Waals surface area contributed by atoms with Crippen molar-refractivity contribution < 1.29 is 4.79 Å². The molecular weight excluding hydrogens is 334 g/mol. The van der Waals surface area contributed by atoms with Gasteiger partial charge in [-0.1, -0.05) is 106 Å². The molecule has 2 rings (SSSR count). The van der Waals surface area contributed by atoms with Gasteiger partial charge in [0.1, 0.15) is 0 Å². The summed E-state index contributed by atoms with van der Waals surface area (Å²) in [5, 5.41) is 3.25. The van der Waals surface area contributed by atoms with E-state index in [1.54, 1.807) is 0 Å². The zero-order valence-electron chi connectivity index (χ0n) is 16.7. The van der Waals surface area contributed by atoms with E-state index in [9.17, 15) is 4.79 Å². The van der Waals surface area contributed by atoms with Crippen LogP contribution in [0.4, 0.5) is 0 Å². The molecule has 2 unspecified atom stereocenters. The average Bonchev–Trinajstić information content (AvgIpc) is 2.71. The van der Waals surface area contributed by atoms with Crippen LogP contribution in [0.3, 0.4) is 0 Å². The van der Waals surface area contributed by atoms with Crippen molar-refractivity contribution in [3.63, 3.8) is 0 Å². The van der Waals surface area contributed by atoms with Gasteiger partial charge in [0.15, 0.2) is 0 Å². The van der Waals surface area contributed by atoms with Gasteiger partial charge in [-0.05, 0) is 17.0 Å². The van der Waals surface area contributed by atoms with E-state index in [0.29, 0.717) is 6.54 Å². The third kappa shape index (κ3) is 4.64. The van der Waals surface area contributed by atoms with Crippen LogP contribution in [0.25, 0.3) is 0 Å². The van der Waals surface area contributed by atoms with Crippen LogP contribution in [0.15, 0.2) is 60.7 Å². The van der Waals surface area contributed by atoms with Crippen molar-refractivity contribution in [2.45, 2.75) is 63.8 Å². The highest BCUT2D eigenvalue weighted by atomic mass is 28.3. The number of rotatable bonds is 9. The van der Waals surface area contributed by atoms with E-state index in [-0.39, 0.29) is 17.4 Å². The van der Waals surface area contributed by atoms with Crippen LogP contribution in [-0.2, 0) is 11.3 Å². The molecule has 0 heterocycles. The highest BCUT2D eigenvalue weighted by Crippen LogP contribution is 2.43. The average molecular weight is 368 g/mol. The van der Waals surface area contributed by atoms with Crippen LogP contribution in [0.2, 0.25) is 23.7 Å². The Hall–Kier alpha value is -1.87. The fourth-order valence-corrected chi connectivity index (χ4v) is 9.02. The molecule has 2 aromatic rings. The van der Waals surface area contributed by atoms with Gasteiger partial charge in [-0.15, -0.1) is 0 Å². The molecule has 0 aliphatic heterocycles. The fraction of sp³-hybridized carbons (Fsp3) is 0.435. The normalized spacial score (nSPS) is 13.8. The maximum atomic E-state index is 13.4. The third-order valence-electron chi connectivity index (χ3n) is 6.19. The van der Waals surface area contributed by atoms with E-state index in [0.717, 1.165) is 23.7 Å². The summed E-state index contributed by atoms with van der Waals surface area (Å²) < 4.78 is 0. The van der Waals surface area contributed by atoms with E-state index < -0.39 is 8.07 Å². The molecule has 0 aliphatic rings. The Labute approximate surface area is 160 Å². The molecular formula is C23H33NOSi. The lowest BCUT2D eigenvalue weighted by molar-refractivity contribution is -0.121. The predicted molar refractivity (Wildman–Crippen MR) is 114 cm³/mol. The Morgan fingerprint density at radius 3 is 1.88 bits per heavy atom. The van der Waals surface area contributed by atoms with Crippen LogP contribution in [-0.4, -0.2) is 14.0 Å². The van der Waals surface area contributed by atoms with Crippen LogP contribution in [0.1, 0.15) is 44.7 Å². The molecule has 0 bridgehead atoms. The van der Waals surface area contributed by atoms with Gasteiger partial charge >= 0.3 is 0 Å². The van der Waals surface area contributed by atoms with Gasteiger partial charge in [-0.3, -0.25) is 4.79 Å². The third-order valence-corrected chi connectivity index (χ3v) is 12.5. The highest BCUT2D eigenvalue weighted by molar-refractivity contribution is 6.84. The van der Waals surface area contributed by atoms with Crippen molar-refractivity contribution >= 4 is 14.0 Å². The summed E-state index contributed by atoms with van der Waals surface area (Å²) in [6.45, 7) is 9.71. The summed E-state index contributed by atoms with van der Waals surface area (Å²) >= 11 is 0. The first-order valence-electron chi connectivity index (χ1n) is 9.94. The minimum absolute atomic E-state index is 0.105. The zero-order valence-corrected chi connectivity index (χ0v) is 17.7. The Kier molecular flexibility index (Phi) is 7.64. The fourth-order valence-electron chi connectivity index (χ4n) is 4.29. The maximum Gasteiger partial charge on any atom is 0.221 e. The molecule has 0 aliphatic carbocycles. The molecule has 3 heteroatoms. The number of carbonyl (C=O) groups is 1. The van der Waals surface area contributed by atoms with Gasteiger partial charge in [0.05, 0.1) is 8.07 Å². The second kappa shape index (κ2) is 9.72. The molecule has 1 N–H and O–H groups in total. The van der Waals surface area contributed by atoms with Gasteiger partial charge in [-0.2, -0.15) is 0 Å². The number of carbonyl (C=O) groups excluding carboxylic acids is 1. The molecule has 2 aromatic carbocycles. The quantitative estimate of drug-likeness (QED) is 0.542. The van der Waals surface area contributed by atoms with Gasteiger partial charge in [0.2, 0.25) is 5.91 Å². The summed E-state index contributed by atoms with van der Waals surface area (Å²) in [5.41, 5.74) is 2.54. The van der Waals surface area contributed by atoms with Crippen molar-refractivity contribution in [2.24, 2.45) is 0 Å². The molecule has 26 heavy (non-hydrogen) atoms. The van der Waals surface area contributed by atoms with Gasteiger partial charge < -0.3 is 5.32 Å². The van der Waals surface area contributed by atoms with Crippen molar-refractivity contribution in [3.05, 3.63) is 71.8 Å². The Morgan fingerprint density at radius 2 is 1.38 bits per heavy atom. The highest BCUT2D eigenvalue weighted by Gasteiger charge is 2.44. The lowest BCUT2D eigenvalue weighted by Crippen LogP contribution is -2.47. The van der Waals surface area contributed by atoms with Gasteiger partial charge in [0.25, 0.3) is 0 Å². The zero-order chi connectivity index (χ0) is 19.0. The van der Waals surface area contributed by atoms with Crippen LogP contribution >= 0.6 is 0 Å². The van der Waals surface area contributed by atoms with Crippen molar-refractivity contribution in [2.75, 3.05) is 0 Å². The van der Waals surface area contributed by atoms with Crippen LogP contribution in [0, 0.1) is 0 Å². The summed E-state index contributed by atoms with van der Waals surface area (Å²) in [7, 11) is -1.71. The Morgan fingerprint density at radius 1 is 0.885 bits per heavy atom. The Balaban J connectivity index is 2.28. The number of hydrogen-bond donors (Lipinski definition) is 1. The van der Waals surface area contributed by atoms with E-state index in [4.69, 9.17) is 0 Å². The van der Waals surface area contributed by atoms with E-state index in [1.807, 2.05) is 24.3 Å². The second-order valence-electron chi connectivity index (χ2n) is 7.30. The van der Waals surface area contributed by atoms with E-state index >= 15 is 0 Å². The SMILES string of the molecule is CC[Si](CC)(CC)C(C(=O)NCc1ccccc1)C(C)c1ccccc1. The molecule has 2 atom stereocenters. The summed E-state index contributed by atoms with van der Waals surface area (Å²) in [4.78, 5) is 13.4. The first kappa shape index (κ1) is 20.4. The maximum absolute atomic E-state index is 13.4. The molecule has 0 saturated carbocycles. The van der Waals surface area contributed by atoms with Crippen LogP contribution in [0.5, 0.6) is 0 Å². The minimum Gasteiger partial charge on any atom is -0.352 e. The molecule has 0 fully saturated rings. The molecule has 140 valence electrons. The summed E-state index contributed by atoms with van der Waals surface area (Å²) in [5.74, 6) is 0.487. The monoisotopic (exact) mass is 367 g/mol.